The topological polar surface area (TPSA) is 110 Å². The number of likely N-dealkylation sites (tertiary alicyclic amines) is 1. The molecule has 0 spiro atoms. The number of rotatable bonds is 4. The van der Waals surface area contributed by atoms with Crippen molar-refractivity contribution in [2.24, 2.45) is 0 Å². The van der Waals surface area contributed by atoms with Crippen LogP contribution in [0.3, 0.4) is 0 Å². The highest BCUT2D eigenvalue weighted by molar-refractivity contribution is 6.30. The van der Waals surface area contributed by atoms with E-state index in [0.717, 1.165) is 17.7 Å². The maximum absolute atomic E-state index is 12.4. The Bertz CT molecular complexity index is 854. The molecule has 2 aromatic carbocycles. The summed E-state index contributed by atoms with van der Waals surface area (Å²) in [7, 11) is 0. The first kappa shape index (κ1) is 19.8. The van der Waals surface area contributed by atoms with Crippen LogP contribution in [0.25, 0.3) is 0 Å². The van der Waals surface area contributed by atoms with Crippen molar-refractivity contribution in [3.8, 4) is 17.2 Å². The van der Waals surface area contributed by atoms with Crippen LogP contribution in [0.5, 0.6) is 17.2 Å². The van der Waals surface area contributed by atoms with Gasteiger partial charge in [-0.15, -0.1) is 0 Å². The number of nitrogens with one attached hydrogen (secondary N) is 1. The van der Waals surface area contributed by atoms with Crippen molar-refractivity contribution in [3.05, 3.63) is 52.5 Å². The van der Waals surface area contributed by atoms with E-state index in [0.29, 0.717) is 37.4 Å². The second-order valence-electron chi connectivity index (χ2n) is 6.79. The monoisotopic (exact) mass is 404 g/mol. The molecular formula is C20H21ClN2O5. The fourth-order valence-corrected chi connectivity index (χ4v) is 3.29. The van der Waals surface area contributed by atoms with E-state index in [9.17, 15) is 24.9 Å². The Kier molecular flexibility index (Phi) is 5.94. The van der Waals surface area contributed by atoms with Crippen molar-refractivity contribution in [1.82, 2.24) is 10.2 Å². The number of aromatic hydroxyl groups is 3. The molecule has 28 heavy (non-hydrogen) atoms. The summed E-state index contributed by atoms with van der Waals surface area (Å²) in [4.78, 5) is 26.5. The van der Waals surface area contributed by atoms with E-state index < -0.39 is 23.2 Å². The Morgan fingerprint density at radius 3 is 2.18 bits per heavy atom. The lowest BCUT2D eigenvalue weighted by molar-refractivity contribution is -0.131. The standard InChI is InChI=1S/C20H21ClN2O5/c21-14-3-1-12(2-4-14)9-18(26)23-7-5-15(6-8-23)22-20(28)13-10-16(24)19(27)17(25)11-13/h1-4,10-11,15,24-25,27H,5-9H2,(H,22,28). The van der Waals surface area contributed by atoms with E-state index in [1.54, 1.807) is 17.0 Å². The molecule has 0 atom stereocenters. The molecule has 0 radical (unpaired) electrons. The molecule has 148 valence electrons. The third-order valence-corrected chi connectivity index (χ3v) is 5.04. The van der Waals surface area contributed by atoms with Crippen molar-refractivity contribution in [2.75, 3.05) is 13.1 Å². The summed E-state index contributed by atoms with van der Waals surface area (Å²) in [6, 6.07) is 9.23. The lowest BCUT2D eigenvalue weighted by Crippen LogP contribution is -2.47. The Morgan fingerprint density at radius 2 is 1.61 bits per heavy atom. The number of carbonyl (C=O) groups excluding carboxylic acids is 2. The zero-order valence-corrected chi connectivity index (χ0v) is 15.8. The number of piperidine rings is 1. The Labute approximate surface area is 167 Å². The number of hydrogen-bond donors (Lipinski definition) is 4. The van der Waals surface area contributed by atoms with E-state index in [-0.39, 0.29) is 17.5 Å². The number of phenols is 3. The molecule has 1 saturated heterocycles. The van der Waals surface area contributed by atoms with Crippen molar-refractivity contribution in [3.63, 3.8) is 0 Å². The average molecular weight is 405 g/mol. The number of amides is 2. The van der Waals surface area contributed by atoms with E-state index in [1.807, 2.05) is 12.1 Å². The molecule has 1 fully saturated rings. The summed E-state index contributed by atoms with van der Waals surface area (Å²) in [5.74, 6) is -2.22. The fraction of sp³-hybridized carbons (Fsp3) is 0.300. The average Bonchev–Trinajstić information content (AvgIpc) is 2.68. The summed E-state index contributed by atoms with van der Waals surface area (Å²) >= 11 is 5.85. The molecule has 1 aliphatic rings. The van der Waals surface area contributed by atoms with Crippen LogP contribution < -0.4 is 5.32 Å². The molecule has 0 saturated carbocycles. The number of carbonyl (C=O) groups is 2. The van der Waals surface area contributed by atoms with Gasteiger partial charge in [0, 0.05) is 29.7 Å². The number of phenolic OH excluding ortho intramolecular Hbond substituents is 3. The van der Waals surface area contributed by atoms with Gasteiger partial charge < -0.3 is 25.5 Å². The quantitative estimate of drug-likeness (QED) is 0.585. The molecule has 7 nitrogen and oxygen atoms in total. The van der Waals surface area contributed by atoms with Crippen molar-refractivity contribution >= 4 is 23.4 Å². The van der Waals surface area contributed by atoms with Gasteiger partial charge in [0.05, 0.1) is 6.42 Å². The normalized spacial score (nSPS) is 14.7. The molecule has 4 N–H and O–H groups in total. The third kappa shape index (κ3) is 4.67. The van der Waals surface area contributed by atoms with Crippen LogP contribution in [0.2, 0.25) is 5.02 Å². The maximum atomic E-state index is 12.4. The van der Waals surface area contributed by atoms with Gasteiger partial charge in [-0.2, -0.15) is 0 Å². The van der Waals surface area contributed by atoms with Crippen LogP contribution in [-0.4, -0.2) is 51.2 Å². The molecule has 1 aliphatic heterocycles. The number of nitrogens with zero attached hydrogens (tertiary/aromatic N) is 1. The predicted molar refractivity (Wildman–Crippen MR) is 104 cm³/mol. The van der Waals surface area contributed by atoms with Crippen LogP contribution in [0.1, 0.15) is 28.8 Å². The first-order valence-corrected chi connectivity index (χ1v) is 9.29. The molecule has 2 amide bonds. The van der Waals surface area contributed by atoms with Crippen LogP contribution >= 0.6 is 11.6 Å². The van der Waals surface area contributed by atoms with E-state index in [4.69, 9.17) is 11.6 Å². The summed E-state index contributed by atoms with van der Waals surface area (Å²) in [6.07, 6.45) is 1.52. The minimum Gasteiger partial charge on any atom is -0.504 e. The predicted octanol–water partition coefficient (Wildman–Crippen LogP) is 2.42. The second kappa shape index (κ2) is 8.39. The number of hydrogen-bond acceptors (Lipinski definition) is 5. The Balaban J connectivity index is 1.51. The lowest BCUT2D eigenvalue weighted by atomic mass is 10.0. The highest BCUT2D eigenvalue weighted by atomic mass is 35.5. The largest absolute Gasteiger partial charge is 0.504 e. The molecular weight excluding hydrogens is 384 g/mol. The SMILES string of the molecule is O=C(NC1CCN(C(=O)Cc2ccc(Cl)cc2)CC1)c1cc(O)c(O)c(O)c1. The second-order valence-corrected chi connectivity index (χ2v) is 7.23. The van der Waals surface area contributed by atoms with Crippen LogP contribution in [0, 0.1) is 0 Å². The maximum Gasteiger partial charge on any atom is 0.251 e. The van der Waals surface area contributed by atoms with Crippen molar-refractivity contribution < 1.29 is 24.9 Å². The lowest BCUT2D eigenvalue weighted by Gasteiger charge is -2.32. The van der Waals surface area contributed by atoms with Gasteiger partial charge in [0.15, 0.2) is 17.2 Å². The van der Waals surface area contributed by atoms with Gasteiger partial charge >= 0.3 is 0 Å². The van der Waals surface area contributed by atoms with E-state index in [2.05, 4.69) is 5.32 Å². The molecule has 3 rings (SSSR count). The van der Waals surface area contributed by atoms with Gasteiger partial charge in [0.1, 0.15) is 0 Å². The molecule has 2 aromatic rings. The van der Waals surface area contributed by atoms with E-state index in [1.165, 1.54) is 0 Å². The van der Waals surface area contributed by atoms with Gasteiger partial charge in [-0.25, -0.2) is 0 Å². The Morgan fingerprint density at radius 1 is 1.04 bits per heavy atom. The van der Waals surface area contributed by atoms with Gasteiger partial charge in [-0.3, -0.25) is 9.59 Å². The van der Waals surface area contributed by atoms with E-state index >= 15 is 0 Å². The Hall–Kier alpha value is -2.93. The third-order valence-electron chi connectivity index (χ3n) is 4.78. The fourth-order valence-electron chi connectivity index (χ4n) is 3.17. The minimum atomic E-state index is -0.663. The first-order valence-electron chi connectivity index (χ1n) is 8.91. The van der Waals surface area contributed by atoms with Gasteiger partial charge in [-0.05, 0) is 42.7 Å². The minimum absolute atomic E-state index is 0.0282. The zero-order valence-electron chi connectivity index (χ0n) is 15.1. The number of halogens is 1. The highest BCUT2D eigenvalue weighted by Crippen LogP contribution is 2.35. The molecule has 0 aromatic heterocycles. The van der Waals surface area contributed by atoms with Crippen molar-refractivity contribution in [2.45, 2.75) is 25.3 Å². The summed E-state index contributed by atoms with van der Waals surface area (Å²) in [5.41, 5.74) is 0.950. The van der Waals surface area contributed by atoms with Gasteiger partial charge in [0.25, 0.3) is 5.91 Å². The summed E-state index contributed by atoms with van der Waals surface area (Å²) in [6.45, 7) is 1.06. The van der Waals surface area contributed by atoms with Gasteiger partial charge in [-0.1, -0.05) is 23.7 Å². The molecule has 0 unspecified atom stereocenters. The molecule has 0 aliphatic carbocycles. The molecule has 1 heterocycles. The summed E-state index contributed by atoms with van der Waals surface area (Å²) in [5, 5.41) is 31.9. The smallest absolute Gasteiger partial charge is 0.251 e. The van der Waals surface area contributed by atoms with Crippen LogP contribution in [0.15, 0.2) is 36.4 Å². The first-order chi connectivity index (χ1) is 13.3. The zero-order chi connectivity index (χ0) is 20.3. The van der Waals surface area contributed by atoms with Crippen LogP contribution in [-0.2, 0) is 11.2 Å². The van der Waals surface area contributed by atoms with Crippen LogP contribution in [0.4, 0.5) is 0 Å². The number of benzene rings is 2. The molecule has 8 heteroatoms. The van der Waals surface area contributed by atoms with Gasteiger partial charge in [0.2, 0.25) is 5.91 Å². The molecule has 0 bridgehead atoms. The highest BCUT2D eigenvalue weighted by Gasteiger charge is 2.24. The summed E-state index contributed by atoms with van der Waals surface area (Å²) < 4.78 is 0. The van der Waals surface area contributed by atoms with Crippen molar-refractivity contribution in [1.29, 1.82) is 0 Å².